The van der Waals surface area contributed by atoms with Crippen LogP contribution in [0.15, 0.2) is 44.5 Å². The first-order valence-corrected chi connectivity index (χ1v) is 8.46. The standard InChI is InChI=1S/C16H16N4O4S/c1-10-9-13(20-24-10)17-14(21)7-8-25-16-19-18-15(23-16)11-3-5-12(22-2)6-4-11/h3-6,9H,7-8H2,1-2H3,(H,17,20,21). The van der Waals surface area contributed by atoms with Gasteiger partial charge in [0.25, 0.3) is 5.22 Å². The van der Waals surface area contributed by atoms with Crippen LogP contribution in [0, 0.1) is 6.92 Å². The summed E-state index contributed by atoms with van der Waals surface area (Å²) in [6, 6.07) is 8.98. The van der Waals surface area contributed by atoms with E-state index >= 15 is 0 Å². The molecule has 8 nitrogen and oxygen atoms in total. The molecule has 130 valence electrons. The van der Waals surface area contributed by atoms with Crippen molar-refractivity contribution >= 4 is 23.5 Å². The van der Waals surface area contributed by atoms with Crippen LogP contribution in [0.5, 0.6) is 5.75 Å². The lowest BCUT2D eigenvalue weighted by molar-refractivity contribution is -0.115. The summed E-state index contributed by atoms with van der Waals surface area (Å²) in [5.74, 6) is 2.58. The molecular weight excluding hydrogens is 344 g/mol. The number of nitrogens with one attached hydrogen (secondary N) is 1. The van der Waals surface area contributed by atoms with Gasteiger partial charge < -0.3 is 19.0 Å². The van der Waals surface area contributed by atoms with Crippen molar-refractivity contribution in [2.75, 3.05) is 18.2 Å². The third-order valence-electron chi connectivity index (χ3n) is 3.19. The SMILES string of the molecule is COc1ccc(-c2nnc(SCCC(=O)Nc3cc(C)on3)o2)cc1. The fourth-order valence-electron chi connectivity index (χ4n) is 1.98. The number of rotatable bonds is 7. The molecule has 0 saturated heterocycles. The van der Waals surface area contributed by atoms with E-state index in [0.29, 0.717) is 28.4 Å². The third-order valence-corrected chi connectivity index (χ3v) is 4.01. The zero-order valence-electron chi connectivity index (χ0n) is 13.7. The van der Waals surface area contributed by atoms with Gasteiger partial charge in [-0.15, -0.1) is 10.2 Å². The average molecular weight is 360 g/mol. The maximum Gasteiger partial charge on any atom is 0.276 e. The highest BCUT2D eigenvalue weighted by Gasteiger charge is 2.11. The maximum absolute atomic E-state index is 11.8. The Kier molecular flexibility index (Phi) is 5.34. The first-order chi connectivity index (χ1) is 12.1. The summed E-state index contributed by atoms with van der Waals surface area (Å²) in [6.07, 6.45) is 0.289. The maximum atomic E-state index is 11.8. The predicted octanol–water partition coefficient (Wildman–Crippen LogP) is 3.16. The normalized spacial score (nSPS) is 10.6. The Hall–Kier alpha value is -2.81. The smallest absolute Gasteiger partial charge is 0.276 e. The Balaban J connectivity index is 1.48. The lowest BCUT2D eigenvalue weighted by atomic mass is 10.2. The highest BCUT2D eigenvalue weighted by molar-refractivity contribution is 7.99. The molecule has 0 spiro atoms. The molecule has 0 saturated carbocycles. The number of benzene rings is 1. The number of anilines is 1. The number of aromatic nitrogens is 3. The van der Waals surface area contributed by atoms with Crippen LogP contribution in [0.3, 0.4) is 0 Å². The topological polar surface area (TPSA) is 103 Å². The average Bonchev–Trinajstić information content (AvgIpc) is 3.24. The molecule has 9 heteroatoms. The molecule has 3 aromatic rings. The van der Waals surface area contributed by atoms with Crippen molar-refractivity contribution in [1.82, 2.24) is 15.4 Å². The number of nitrogens with zero attached hydrogens (tertiary/aromatic N) is 3. The van der Waals surface area contributed by atoms with Crippen LogP contribution < -0.4 is 10.1 Å². The molecule has 0 unspecified atom stereocenters. The monoisotopic (exact) mass is 360 g/mol. The minimum atomic E-state index is -0.157. The number of ether oxygens (including phenoxy) is 1. The molecule has 0 atom stereocenters. The second kappa shape index (κ2) is 7.84. The lowest BCUT2D eigenvalue weighted by Gasteiger charge is -2.00. The number of hydrogen-bond acceptors (Lipinski definition) is 8. The van der Waals surface area contributed by atoms with E-state index in [1.807, 2.05) is 24.3 Å². The van der Waals surface area contributed by atoms with Crippen molar-refractivity contribution in [3.63, 3.8) is 0 Å². The van der Waals surface area contributed by atoms with Gasteiger partial charge in [-0.1, -0.05) is 16.9 Å². The van der Waals surface area contributed by atoms with E-state index < -0.39 is 0 Å². The van der Waals surface area contributed by atoms with Gasteiger partial charge in [0.15, 0.2) is 5.82 Å². The summed E-state index contributed by atoms with van der Waals surface area (Å²) in [5.41, 5.74) is 0.805. The molecular formula is C16H16N4O4S. The predicted molar refractivity (Wildman–Crippen MR) is 91.5 cm³/mol. The molecule has 1 aromatic carbocycles. The van der Waals surface area contributed by atoms with Gasteiger partial charge in [-0.3, -0.25) is 4.79 Å². The molecule has 1 N–H and O–H groups in total. The summed E-state index contributed by atoms with van der Waals surface area (Å²) in [6.45, 7) is 1.76. The van der Waals surface area contributed by atoms with E-state index in [1.54, 1.807) is 20.1 Å². The fourth-order valence-corrected chi connectivity index (χ4v) is 2.68. The number of hydrogen-bond donors (Lipinski definition) is 1. The number of carbonyl (C=O) groups is 1. The molecule has 25 heavy (non-hydrogen) atoms. The van der Waals surface area contributed by atoms with E-state index in [4.69, 9.17) is 13.7 Å². The van der Waals surface area contributed by atoms with Crippen molar-refractivity contribution < 1.29 is 18.5 Å². The summed E-state index contributed by atoms with van der Waals surface area (Å²) >= 11 is 1.32. The van der Waals surface area contributed by atoms with Gasteiger partial charge in [-0.25, -0.2) is 0 Å². The molecule has 3 rings (SSSR count). The van der Waals surface area contributed by atoms with E-state index in [-0.39, 0.29) is 12.3 Å². The van der Waals surface area contributed by atoms with Crippen molar-refractivity contribution in [3.05, 3.63) is 36.1 Å². The highest BCUT2D eigenvalue weighted by atomic mass is 32.2. The fraction of sp³-hybridized carbons (Fsp3) is 0.250. The molecule has 0 aliphatic carbocycles. The quantitative estimate of drug-likeness (QED) is 0.641. The van der Waals surface area contributed by atoms with Crippen LogP contribution in [0.2, 0.25) is 0 Å². The Bertz CT molecular complexity index is 844. The first kappa shape index (κ1) is 17.0. The largest absolute Gasteiger partial charge is 0.497 e. The van der Waals surface area contributed by atoms with Gasteiger partial charge in [0.2, 0.25) is 11.8 Å². The summed E-state index contributed by atoms with van der Waals surface area (Å²) < 4.78 is 15.6. The molecule has 0 aliphatic heterocycles. The molecule has 2 heterocycles. The number of methoxy groups -OCH3 is 1. The second-order valence-corrected chi connectivity index (χ2v) is 6.12. The van der Waals surface area contributed by atoms with Gasteiger partial charge in [0.05, 0.1) is 7.11 Å². The van der Waals surface area contributed by atoms with E-state index in [9.17, 15) is 4.79 Å². The van der Waals surface area contributed by atoms with Crippen LogP contribution in [0.1, 0.15) is 12.2 Å². The Morgan fingerprint density at radius 2 is 2.08 bits per heavy atom. The van der Waals surface area contributed by atoms with Crippen LogP contribution in [-0.2, 0) is 4.79 Å². The van der Waals surface area contributed by atoms with Crippen molar-refractivity contribution in [2.24, 2.45) is 0 Å². The van der Waals surface area contributed by atoms with Gasteiger partial charge in [-0.05, 0) is 31.2 Å². The second-order valence-electron chi connectivity index (χ2n) is 5.07. The Labute approximate surface area is 147 Å². The number of aryl methyl sites for hydroxylation is 1. The minimum absolute atomic E-state index is 0.157. The van der Waals surface area contributed by atoms with E-state index in [0.717, 1.165) is 11.3 Å². The highest BCUT2D eigenvalue weighted by Crippen LogP contribution is 2.25. The Morgan fingerprint density at radius 3 is 2.76 bits per heavy atom. The van der Waals surface area contributed by atoms with Crippen LogP contribution in [0.4, 0.5) is 5.82 Å². The number of carbonyl (C=O) groups excluding carboxylic acids is 1. The van der Waals surface area contributed by atoms with Crippen molar-refractivity contribution in [3.8, 4) is 17.2 Å². The molecule has 0 bridgehead atoms. The number of amides is 1. The lowest BCUT2D eigenvalue weighted by Crippen LogP contribution is -2.12. The van der Waals surface area contributed by atoms with Gasteiger partial charge in [0.1, 0.15) is 11.5 Å². The first-order valence-electron chi connectivity index (χ1n) is 7.48. The molecule has 2 aromatic heterocycles. The molecule has 1 amide bonds. The zero-order chi connectivity index (χ0) is 17.6. The van der Waals surface area contributed by atoms with Gasteiger partial charge in [-0.2, -0.15) is 0 Å². The van der Waals surface area contributed by atoms with Gasteiger partial charge >= 0.3 is 0 Å². The molecule has 0 aliphatic rings. The third kappa shape index (κ3) is 4.60. The van der Waals surface area contributed by atoms with E-state index in [2.05, 4.69) is 20.7 Å². The summed E-state index contributed by atoms with van der Waals surface area (Å²) in [4.78, 5) is 11.8. The Morgan fingerprint density at radius 1 is 1.28 bits per heavy atom. The van der Waals surface area contributed by atoms with Crippen LogP contribution in [-0.4, -0.2) is 34.1 Å². The van der Waals surface area contributed by atoms with E-state index in [1.165, 1.54) is 11.8 Å². The minimum Gasteiger partial charge on any atom is -0.497 e. The number of thioether (sulfide) groups is 1. The van der Waals surface area contributed by atoms with Crippen molar-refractivity contribution in [2.45, 2.75) is 18.6 Å². The molecule has 0 fully saturated rings. The summed E-state index contributed by atoms with van der Waals surface area (Å²) in [7, 11) is 1.61. The van der Waals surface area contributed by atoms with Crippen molar-refractivity contribution in [1.29, 1.82) is 0 Å². The van der Waals surface area contributed by atoms with Crippen LogP contribution >= 0.6 is 11.8 Å². The van der Waals surface area contributed by atoms with Gasteiger partial charge in [0, 0.05) is 23.8 Å². The van der Waals surface area contributed by atoms with Crippen LogP contribution in [0.25, 0.3) is 11.5 Å². The molecule has 0 radical (unpaired) electrons. The zero-order valence-corrected chi connectivity index (χ0v) is 14.5. The summed E-state index contributed by atoms with van der Waals surface area (Å²) in [5, 5.41) is 14.8.